The molecule has 1 N–H and O–H groups in total. The van der Waals surface area contributed by atoms with Gasteiger partial charge in [0.15, 0.2) is 0 Å². The van der Waals surface area contributed by atoms with Crippen LogP contribution in [0.25, 0.3) is 11.3 Å². The molecule has 1 aliphatic carbocycles. The molecule has 0 amide bonds. The molecule has 4 rings (SSSR count). The summed E-state index contributed by atoms with van der Waals surface area (Å²) < 4.78 is 1.73. The maximum atomic E-state index is 12.5. The molecule has 6 nitrogen and oxygen atoms in total. The molecule has 1 aliphatic heterocycles. The lowest BCUT2D eigenvalue weighted by atomic mass is 9.84. The molecule has 2 aromatic rings. The molecule has 28 heavy (non-hydrogen) atoms. The summed E-state index contributed by atoms with van der Waals surface area (Å²) in [6.45, 7) is 3.53. The third-order valence-corrected chi connectivity index (χ3v) is 6.30. The number of aliphatic hydroxyl groups is 1. The molecule has 0 bridgehead atoms. The van der Waals surface area contributed by atoms with Crippen LogP contribution in [0.3, 0.4) is 0 Å². The molecule has 0 atom stereocenters. The van der Waals surface area contributed by atoms with Crippen LogP contribution in [0.2, 0.25) is 0 Å². The minimum Gasteiger partial charge on any atom is -0.389 e. The second-order valence-electron chi connectivity index (χ2n) is 8.51. The first-order valence-corrected chi connectivity index (χ1v) is 10.5. The second kappa shape index (κ2) is 8.53. The largest absolute Gasteiger partial charge is 0.389 e. The molecule has 2 fully saturated rings. The number of hydrogen-bond acceptors (Lipinski definition) is 5. The summed E-state index contributed by atoms with van der Waals surface area (Å²) in [4.78, 5) is 23.5. The van der Waals surface area contributed by atoms with Gasteiger partial charge >= 0.3 is 0 Å². The van der Waals surface area contributed by atoms with E-state index in [1.54, 1.807) is 29.4 Å². The molecule has 1 saturated heterocycles. The Kier molecular flexibility index (Phi) is 5.87. The number of β-amino-alcohol motifs (C(OH)–C–C–N with tert-alkyl or cyclic N) is 1. The van der Waals surface area contributed by atoms with E-state index < -0.39 is 5.60 Å². The van der Waals surface area contributed by atoms with Crippen molar-refractivity contribution in [2.75, 3.05) is 19.6 Å². The lowest BCUT2D eigenvalue weighted by Crippen LogP contribution is -2.47. The Labute approximate surface area is 166 Å². The molecule has 3 heterocycles. The lowest BCUT2D eigenvalue weighted by Gasteiger charge is -2.40. The average Bonchev–Trinajstić information content (AvgIpc) is 2.72. The van der Waals surface area contributed by atoms with Gasteiger partial charge in [0, 0.05) is 37.1 Å². The molecule has 2 aliphatic rings. The number of aromatic nitrogens is 3. The van der Waals surface area contributed by atoms with Gasteiger partial charge in [0.1, 0.15) is 0 Å². The van der Waals surface area contributed by atoms with Crippen LogP contribution in [-0.4, -0.2) is 49.8 Å². The number of nitrogens with zero attached hydrogens (tertiary/aromatic N) is 4. The Bertz CT molecular complexity index is 822. The van der Waals surface area contributed by atoms with Gasteiger partial charge < -0.3 is 10.0 Å². The summed E-state index contributed by atoms with van der Waals surface area (Å²) in [6, 6.07) is 5.36. The highest BCUT2D eigenvalue weighted by Crippen LogP contribution is 2.30. The fourth-order valence-corrected chi connectivity index (χ4v) is 4.62. The van der Waals surface area contributed by atoms with Crippen LogP contribution in [0, 0.1) is 5.92 Å². The third-order valence-electron chi connectivity index (χ3n) is 6.30. The van der Waals surface area contributed by atoms with E-state index in [-0.39, 0.29) is 5.56 Å². The Morgan fingerprint density at radius 1 is 1.18 bits per heavy atom. The molecule has 2 aromatic heterocycles. The smallest absolute Gasteiger partial charge is 0.253 e. The van der Waals surface area contributed by atoms with Gasteiger partial charge in [-0.05, 0) is 56.8 Å². The zero-order valence-electron chi connectivity index (χ0n) is 16.5. The monoisotopic (exact) mass is 382 g/mol. The van der Waals surface area contributed by atoms with Crippen molar-refractivity contribution in [1.29, 1.82) is 0 Å². The van der Waals surface area contributed by atoms with E-state index in [4.69, 9.17) is 0 Å². The van der Waals surface area contributed by atoms with Crippen molar-refractivity contribution in [3.8, 4) is 11.3 Å². The first-order chi connectivity index (χ1) is 13.6. The Hall–Kier alpha value is -2.05. The summed E-state index contributed by atoms with van der Waals surface area (Å²) >= 11 is 0. The zero-order chi connectivity index (χ0) is 19.4. The summed E-state index contributed by atoms with van der Waals surface area (Å²) in [5, 5.41) is 10.8. The molecule has 1 saturated carbocycles. The van der Waals surface area contributed by atoms with E-state index in [0.717, 1.165) is 70.3 Å². The molecular formula is C22H30N4O2. The first kappa shape index (κ1) is 19.3. The van der Waals surface area contributed by atoms with Crippen molar-refractivity contribution in [2.24, 2.45) is 5.92 Å². The Balaban J connectivity index is 1.32. The molecule has 0 aromatic carbocycles. The summed E-state index contributed by atoms with van der Waals surface area (Å²) in [6.07, 6.45) is 12.7. The molecule has 150 valence electrons. The second-order valence-corrected chi connectivity index (χ2v) is 8.51. The maximum Gasteiger partial charge on any atom is 0.253 e. The number of piperidine rings is 1. The third kappa shape index (κ3) is 4.67. The zero-order valence-corrected chi connectivity index (χ0v) is 16.5. The predicted molar refractivity (Wildman–Crippen MR) is 109 cm³/mol. The standard InChI is InChI=1S/C22H30N4O2/c27-21-13-20(19-5-4-10-23-14-19)24-17-26(21)15-18-6-11-25(12-7-18)16-22(28)8-2-1-3-9-22/h4-5,10,13-14,17-18,28H,1-3,6-9,11-12,15-16H2. The first-order valence-electron chi connectivity index (χ1n) is 10.5. The molecule has 6 heteroatoms. The summed E-state index contributed by atoms with van der Waals surface area (Å²) in [7, 11) is 0. The summed E-state index contributed by atoms with van der Waals surface area (Å²) in [5.74, 6) is 0.487. The van der Waals surface area contributed by atoms with Crippen molar-refractivity contribution >= 4 is 0 Å². The van der Waals surface area contributed by atoms with E-state index >= 15 is 0 Å². The van der Waals surface area contributed by atoms with E-state index in [1.807, 2.05) is 12.1 Å². The number of hydrogen-bond donors (Lipinski definition) is 1. The molecule has 0 radical (unpaired) electrons. The van der Waals surface area contributed by atoms with Crippen molar-refractivity contribution in [3.05, 3.63) is 47.3 Å². The SMILES string of the molecule is O=c1cc(-c2cccnc2)ncn1CC1CCN(CC2(O)CCCCC2)CC1. The van der Waals surface area contributed by atoms with Crippen molar-refractivity contribution < 1.29 is 5.11 Å². The average molecular weight is 383 g/mol. The fourth-order valence-electron chi connectivity index (χ4n) is 4.62. The van der Waals surface area contributed by atoms with Gasteiger partial charge in [-0.2, -0.15) is 0 Å². The Morgan fingerprint density at radius 3 is 2.64 bits per heavy atom. The Morgan fingerprint density at radius 2 is 1.96 bits per heavy atom. The number of rotatable bonds is 5. The summed E-state index contributed by atoms with van der Waals surface area (Å²) in [5.41, 5.74) is 1.05. The van der Waals surface area contributed by atoms with Gasteiger partial charge in [-0.3, -0.25) is 14.3 Å². The van der Waals surface area contributed by atoms with Gasteiger partial charge in [0.2, 0.25) is 0 Å². The normalized spacial score (nSPS) is 20.9. The fraction of sp³-hybridized carbons (Fsp3) is 0.591. The lowest BCUT2D eigenvalue weighted by molar-refractivity contribution is -0.0331. The van der Waals surface area contributed by atoms with Crippen LogP contribution >= 0.6 is 0 Å². The maximum absolute atomic E-state index is 12.5. The van der Waals surface area contributed by atoms with Gasteiger partial charge in [0.05, 0.1) is 17.6 Å². The topological polar surface area (TPSA) is 71.2 Å². The van der Waals surface area contributed by atoms with E-state index in [9.17, 15) is 9.90 Å². The number of pyridine rings is 1. The number of likely N-dealkylation sites (tertiary alicyclic amines) is 1. The molecule has 0 unspecified atom stereocenters. The predicted octanol–water partition coefficient (Wildman–Crippen LogP) is 2.71. The minimum atomic E-state index is -0.478. The molecule has 0 spiro atoms. The highest BCUT2D eigenvalue weighted by Gasteiger charge is 2.32. The van der Waals surface area contributed by atoms with E-state index in [2.05, 4.69) is 14.9 Å². The highest BCUT2D eigenvalue weighted by molar-refractivity contribution is 5.56. The molecular weight excluding hydrogens is 352 g/mol. The van der Waals surface area contributed by atoms with Crippen molar-refractivity contribution in [2.45, 2.75) is 57.1 Å². The van der Waals surface area contributed by atoms with Crippen LogP contribution in [0.15, 0.2) is 41.7 Å². The van der Waals surface area contributed by atoms with E-state index in [0.29, 0.717) is 11.6 Å². The van der Waals surface area contributed by atoms with Crippen LogP contribution in [0.1, 0.15) is 44.9 Å². The van der Waals surface area contributed by atoms with E-state index in [1.165, 1.54) is 6.42 Å². The van der Waals surface area contributed by atoms with Gasteiger partial charge in [-0.1, -0.05) is 19.3 Å². The van der Waals surface area contributed by atoms with Crippen molar-refractivity contribution in [1.82, 2.24) is 19.4 Å². The van der Waals surface area contributed by atoms with Gasteiger partial charge in [-0.25, -0.2) is 4.98 Å². The minimum absolute atomic E-state index is 0.00667. The van der Waals surface area contributed by atoms with Crippen LogP contribution in [0.4, 0.5) is 0 Å². The highest BCUT2D eigenvalue weighted by atomic mass is 16.3. The van der Waals surface area contributed by atoms with Crippen LogP contribution in [-0.2, 0) is 6.54 Å². The van der Waals surface area contributed by atoms with Gasteiger partial charge in [-0.15, -0.1) is 0 Å². The van der Waals surface area contributed by atoms with Crippen LogP contribution in [0.5, 0.6) is 0 Å². The van der Waals surface area contributed by atoms with Crippen molar-refractivity contribution in [3.63, 3.8) is 0 Å². The van der Waals surface area contributed by atoms with Gasteiger partial charge in [0.25, 0.3) is 5.56 Å². The quantitative estimate of drug-likeness (QED) is 0.861. The van der Waals surface area contributed by atoms with Crippen LogP contribution < -0.4 is 5.56 Å².